The van der Waals surface area contributed by atoms with E-state index in [1.165, 1.54) is 0 Å². The highest BCUT2D eigenvalue weighted by atomic mass is 35.5. The van der Waals surface area contributed by atoms with Crippen LogP contribution in [0.3, 0.4) is 0 Å². The van der Waals surface area contributed by atoms with Gasteiger partial charge in [-0.3, -0.25) is 4.57 Å². The van der Waals surface area contributed by atoms with Crippen molar-refractivity contribution in [3.63, 3.8) is 0 Å². The van der Waals surface area contributed by atoms with E-state index in [-0.39, 0.29) is 5.38 Å². The molecule has 0 fully saturated rings. The standard InChI is InChI=1S/C15H16Cl2N4/c1-4-11-13-15(20(3)19-11)21(14(18-13)9(2)16)12-8-6-5-7-10(12)17/h5-9H,4H2,1-3H3. The van der Waals surface area contributed by atoms with Crippen molar-refractivity contribution in [2.24, 2.45) is 7.05 Å². The highest BCUT2D eigenvalue weighted by Crippen LogP contribution is 2.32. The minimum atomic E-state index is -0.224. The molecule has 0 spiro atoms. The largest absolute Gasteiger partial charge is 0.278 e. The first kappa shape index (κ1) is 14.4. The first-order chi connectivity index (χ1) is 10.0. The van der Waals surface area contributed by atoms with Gasteiger partial charge >= 0.3 is 0 Å². The summed E-state index contributed by atoms with van der Waals surface area (Å²) in [5, 5.41) is 4.97. The van der Waals surface area contributed by atoms with Gasteiger partial charge in [0, 0.05) is 7.05 Å². The van der Waals surface area contributed by atoms with Crippen LogP contribution in [0.1, 0.15) is 30.7 Å². The topological polar surface area (TPSA) is 35.6 Å². The molecule has 2 aromatic heterocycles. The maximum atomic E-state index is 6.36. The van der Waals surface area contributed by atoms with Crippen LogP contribution in [-0.2, 0) is 13.5 Å². The molecule has 0 N–H and O–H groups in total. The van der Waals surface area contributed by atoms with E-state index in [0.717, 1.165) is 34.8 Å². The summed E-state index contributed by atoms with van der Waals surface area (Å²) in [6, 6.07) is 7.69. The normalized spacial score (nSPS) is 13.0. The summed E-state index contributed by atoms with van der Waals surface area (Å²) < 4.78 is 3.84. The maximum absolute atomic E-state index is 6.36. The Bertz CT molecular complexity index is 801. The average Bonchev–Trinajstić information content (AvgIpc) is 2.98. The van der Waals surface area contributed by atoms with Crippen LogP contribution in [-0.4, -0.2) is 19.3 Å². The fraction of sp³-hybridized carbons (Fsp3) is 0.333. The number of halogens is 2. The molecule has 2 heterocycles. The number of nitrogens with zero attached hydrogens (tertiary/aromatic N) is 4. The molecular formula is C15H16Cl2N4. The van der Waals surface area contributed by atoms with Gasteiger partial charge in [-0.05, 0) is 25.5 Å². The Morgan fingerprint density at radius 2 is 2.00 bits per heavy atom. The van der Waals surface area contributed by atoms with Crippen molar-refractivity contribution in [2.75, 3.05) is 0 Å². The Hall–Kier alpha value is -1.52. The number of fused-ring (bicyclic) bond motifs is 1. The van der Waals surface area contributed by atoms with Gasteiger partial charge in [0.1, 0.15) is 11.3 Å². The van der Waals surface area contributed by atoms with Crippen LogP contribution in [0, 0.1) is 0 Å². The Labute approximate surface area is 133 Å². The number of aromatic nitrogens is 4. The van der Waals surface area contributed by atoms with Crippen LogP contribution in [0.5, 0.6) is 0 Å². The van der Waals surface area contributed by atoms with Crippen molar-refractivity contribution in [3.8, 4) is 5.69 Å². The molecule has 0 radical (unpaired) electrons. The predicted octanol–water partition coefficient (Wildman–Crippen LogP) is 4.27. The van der Waals surface area contributed by atoms with E-state index < -0.39 is 0 Å². The molecule has 3 aromatic rings. The number of hydrogen-bond acceptors (Lipinski definition) is 2. The molecule has 0 aliphatic heterocycles. The van der Waals surface area contributed by atoms with Gasteiger partial charge in [0.15, 0.2) is 5.65 Å². The maximum Gasteiger partial charge on any atom is 0.163 e. The molecule has 110 valence electrons. The molecule has 1 atom stereocenters. The third kappa shape index (κ3) is 2.23. The number of alkyl halides is 1. The van der Waals surface area contributed by atoms with Gasteiger partial charge in [-0.1, -0.05) is 30.7 Å². The van der Waals surface area contributed by atoms with E-state index in [2.05, 4.69) is 12.0 Å². The summed E-state index contributed by atoms with van der Waals surface area (Å²) >= 11 is 12.7. The lowest BCUT2D eigenvalue weighted by atomic mass is 10.3. The summed E-state index contributed by atoms with van der Waals surface area (Å²) in [4.78, 5) is 4.71. The van der Waals surface area contributed by atoms with E-state index in [4.69, 9.17) is 28.2 Å². The third-order valence-electron chi connectivity index (χ3n) is 3.51. The zero-order valence-corrected chi connectivity index (χ0v) is 13.7. The van der Waals surface area contributed by atoms with Crippen LogP contribution in [0.25, 0.3) is 16.9 Å². The molecule has 0 aliphatic rings. The fourth-order valence-electron chi connectivity index (χ4n) is 2.57. The molecule has 0 bridgehead atoms. The minimum Gasteiger partial charge on any atom is -0.278 e. The second-order valence-corrected chi connectivity index (χ2v) is 6.03. The van der Waals surface area contributed by atoms with E-state index in [1.807, 2.05) is 47.5 Å². The molecule has 0 saturated heterocycles. The molecule has 0 saturated carbocycles. The SMILES string of the molecule is CCc1nn(C)c2c1nc(C(C)Cl)n2-c1ccccc1Cl. The van der Waals surface area contributed by atoms with Crippen molar-refractivity contribution in [3.05, 3.63) is 40.8 Å². The van der Waals surface area contributed by atoms with Crippen LogP contribution in [0.15, 0.2) is 24.3 Å². The van der Waals surface area contributed by atoms with Crippen LogP contribution in [0.2, 0.25) is 5.02 Å². The van der Waals surface area contributed by atoms with Crippen molar-refractivity contribution >= 4 is 34.4 Å². The molecule has 0 aliphatic carbocycles. The molecule has 21 heavy (non-hydrogen) atoms. The van der Waals surface area contributed by atoms with Gasteiger partial charge in [0.25, 0.3) is 0 Å². The highest BCUT2D eigenvalue weighted by molar-refractivity contribution is 6.32. The molecule has 6 heteroatoms. The predicted molar refractivity (Wildman–Crippen MR) is 86.5 cm³/mol. The number of para-hydroxylation sites is 1. The van der Waals surface area contributed by atoms with Crippen molar-refractivity contribution in [2.45, 2.75) is 25.6 Å². The number of benzene rings is 1. The van der Waals surface area contributed by atoms with Crippen LogP contribution >= 0.6 is 23.2 Å². The quantitative estimate of drug-likeness (QED) is 0.675. The van der Waals surface area contributed by atoms with Crippen LogP contribution < -0.4 is 0 Å². The Morgan fingerprint density at radius 3 is 2.62 bits per heavy atom. The second kappa shape index (κ2) is 5.35. The van der Waals surface area contributed by atoms with E-state index in [1.54, 1.807) is 0 Å². The fourth-order valence-corrected chi connectivity index (χ4v) is 2.94. The van der Waals surface area contributed by atoms with Crippen LogP contribution in [0.4, 0.5) is 0 Å². The Balaban J connectivity index is 2.42. The molecule has 3 rings (SSSR count). The summed E-state index contributed by atoms with van der Waals surface area (Å²) in [6.07, 6.45) is 0.826. The summed E-state index contributed by atoms with van der Waals surface area (Å²) in [6.45, 7) is 3.98. The van der Waals surface area contributed by atoms with Gasteiger partial charge in [0.05, 0.1) is 21.8 Å². The van der Waals surface area contributed by atoms with Gasteiger partial charge in [-0.15, -0.1) is 11.6 Å². The summed E-state index contributed by atoms with van der Waals surface area (Å²) in [5.41, 5.74) is 3.65. The second-order valence-electron chi connectivity index (χ2n) is 4.97. The molecule has 0 amide bonds. The number of hydrogen-bond donors (Lipinski definition) is 0. The van der Waals surface area contributed by atoms with E-state index in [0.29, 0.717) is 5.02 Å². The molecule has 1 unspecified atom stereocenters. The van der Waals surface area contributed by atoms with Crippen molar-refractivity contribution in [1.29, 1.82) is 0 Å². The summed E-state index contributed by atoms with van der Waals surface area (Å²) in [7, 11) is 1.92. The van der Waals surface area contributed by atoms with E-state index in [9.17, 15) is 0 Å². The zero-order valence-electron chi connectivity index (χ0n) is 12.1. The lowest BCUT2D eigenvalue weighted by Gasteiger charge is -2.12. The lowest BCUT2D eigenvalue weighted by molar-refractivity contribution is 0.738. The zero-order chi connectivity index (χ0) is 15.1. The van der Waals surface area contributed by atoms with E-state index >= 15 is 0 Å². The molecule has 1 aromatic carbocycles. The van der Waals surface area contributed by atoms with Gasteiger partial charge < -0.3 is 0 Å². The molecule has 4 nitrogen and oxygen atoms in total. The van der Waals surface area contributed by atoms with Crippen molar-refractivity contribution < 1.29 is 0 Å². The third-order valence-corrected chi connectivity index (χ3v) is 4.03. The first-order valence-corrected chi connectivity index (χ1v) is 7.69. The molecular weight excluding hydrogens is 307 g/mol. The van der Waals surface area contributed by atoms with Gasteiger partial charge in [-0.25, -0.2) is 9.67 Å². The van der Waals surface area contributed by atoms with Gasteiger partial charge in [0.2, 0.25) is 0 Å². The number of rotatable bonds is 3. The highest BCUT2D eigenvalue weighted by Gasteiger charge is 2.22. The smallest absolute Gasteiger partial charge is 0.163 e. The van der Waals surface area contributed by atoms with Crippen molar-refractivity contribution in [1.82, 2.24) is 19.3 Å². The number of aryl methyl sites for hydroxylation is 2. The Morgan fingerprint density at radius 1 is 1.29 bits per heavy atom. The monoisotopic (exact) mass is 322 g/mol. The first-order valence-electron chi connectivity index (χ1n) is 6.87. The van der Waals surface area contributed by atoms with Gasteiger partial charge in [-0.2, -0.15) is 5.10 Å². The summed E-state index contributed by atoms with van der Waals surface area (Å²) in [5.74, 6) is 0.780. The number of imidazole rings is 1. The lowest BCUT2D eigenvalue weighted by Crippen LogP contribution is -2.06. The Kier molecular flexibility index (Phi) is 3.68. The minimum absolute atomic E-state index is 0.224. The average molecular weight is 323 g/mol.